The molecular weight excluding hydrogens is 411 g/mol. The van der Waals surface area contributed by atoms with Gasteiger partial charge in [0.05, 0.1) is 13.0 Å². The molecule has 1 saturated heterocycles. The number of carbonyl (C=O) groups is 1. The minimum Gasteiger partial charge on any atom is -0.496 e. The average molecular weight is 445 g/mol. The number of nitrogens with zero attached hydrogens (tertiary/aromatic N) is 2. The van der Waals surface area contributed by atoms with Crippen LogP contribution in [-0.2, 0) is 11.2 Å². The number of benzene rings is 1. The second kappa shape index (κ2) is 11.8. The van der Waals surface area contributed by atoms with Gasteiger partial charge in [-0.3, -0.25) is 9.69 Å². The fourth-order valence-electron chi connectivity index (χ4n) is 4.39. The zero-order valence-corrected chi connectivity index (χ0v) is 19.2. The number of likely N-dealkylation sites (tertiary alicyclic amines) is 1. The van der Waals surface area contributed by atoms with Gasteiger partial charge >= 0.3 is 0 Å². The van der Waals surface area contributed by atoms with Gasteiger partial charge in [-0.05, 0) is 63.8 Å². The van der Waals surface area contributed by atoms with Crippen molar-refractivity contribution in [3.8, 4) is 5.75 Å². The summed E-state index contributed by atoms with van der Waals surface area (Å²) in [7, 11) is 1.71. The summed E-state index contributed by atoms with van der Waals surface area (Å²) >= 11 is 6.45. The van der Waals surface area contributed by atoms with Crippen LogP contribution in [0.15, 0.2) is 17.7 Å². The number of amides is 1. The van der Waals surface area contributed by atoms with E-state index in [0.29, 0.717) is 5.91 Å². The van der Waals surface area contributed by atoms with E-state index in [2.05, 4.69) is 24.8 Å². The smallest absolute Gasteiger partial charge is 0.226 e. The van der Waals surface area contributed by atoms with Gasteiger partial charge in [0.2, 0.25) is 5.91 Å². The lowest BCUT2D eigenvalue weighted by Gasteiger charge is -2.35. The molecule has 1 aromatic rings. The Morgan fingerprint density at radius 2 is 2.00 bits per heavy atom. The molecule has 29 heavy (non-hydrogen) atoms. The van der Waals surface area contributed by atoms with Crippen LogP contribution in [0.25, 0.3) is 6.08 Å². The van der Waals surface area contributed by atoms with Crippen LogP contribution in [-0.4, -0.2) is 61.0 Å². The first-order valence-electron chi connectivity index (χ1n) is 10.1. The first-order valence-corrected chi connectivity index (χ1v) is 10.5. The van der Waals surface area contributed by atoms with E-state index in [1.807, 2.05) is 17.0 Å². The van der Waals surface area contributed by atoms with Gasteiger partial charge in [0.25, 0.3) is 0 Å². The third-order valence-corrected chi connectivity index (χ3v) is 6.21. The van der Waals surface area contributed by atoms with Crippen molar-refractivity contribution in [2.45, 2.75) is 39.5 Å². The van der Waals surface area contributed by atoms with Crippen molar-refractivity contribution < 1.29 is 15.0 Å². The summed E-state index contributed by atoms with van der Waals surface area (Å²) in [4.78, 5) is 17.1. The quantitative estimate of drug-likeness (QED) is 0.668. The minimum absolute atomic E-state index is 0. The summed E-state index contributed by atoms with van der Waals surface area (Å²) in [6.45, 7) is 8.58. The molecule has 164 valence electrons. The highest BCUT2D eigenvalue weighted by molar-refractivity contribution is 6.32. The summed E-state index contributed by atoms with van der Waals surface area (Å²) < 4.78 is 5.50. The number of piperidine rings is 1. The first kappa shape index (κ1) is 25.8. The lowest BCUT2D eigenvalue weighted by Crippen LogP contribution is -2.45. The van der Waals surface area contributed by atoms with Crippen molar-refractivity contribution in [2.24, 2.45) is 5.92 Å². The molecule has 1 unspecified atom stereocenters. The van der Waals surface area contributed by atoms with Crippen LogP contribution in [0.4, 0.5) is 0 Å². The number of carbonyl (C=O) groups excluding carboxylic acids is 1. The van der Waals surface area contributed by atoms with Crippen molar-refractivity contribution in [1.29, 1.82) is 0 Å². The normalized spacial score (nSPS) is 18.6. The molecule has 1 atom stereocenters. The van der Waals surface area contributed by atoms with Crippen molar-refractivity contribution in [1.82, 2.24) is 9.80 Å². The highest BCUT2D eigenvalue weighted by Crippen LogP contribution is 2.36. The molecule has 2 N–H and O–H groups in total. The van der Waals surface area contributed by atoms with Crippen LogP contribution < -0.4 is 4.74 Å². The topological polar surface area (TPSA) is 64.3 Å². The zero-order valence-electron chi connectivity index (χ0n) is 17.7. The second-order valence-corrected chi connectivity index (χ2v) is 7.94. The number of halogens is 2. The molecule has 1 aliphatic carbocycles. The number of rotatable bonds is 6. The molecule has 0 saturated carbocycles. The Morgan fingerprint density at radius 3 is 2.66 bits per heavy atom. The maximum Gasteiger partial charge on any atom is 0.226 e. The van der Waals surface area contributed by atoms with Crippen LogP contribution in [0.3, 0.4) is 0 Å². The predicted molar refractivity (Wildman–Crippen MR) is 122 cm³/mol. The lowest BCUT2D eigenvalue weighted by atomic mass is 9.90. The Hall–Kier alpha value is -1.27. The van der Waals surface area contributed by atoms with E-state index >= 15 is 0 Å². The number of fused-ring (bicyclic) bond motifs is 1. The SMILES string of the molecule is CCN(CC)C(=O)C1CCCN(CC2=Cc3c(Cl)ccc(OC)c3CC2)C1.Cl.O. The van der Waals surface area contributed by atoms with Crippen molar-refractivity contribution in [3.63, 3.8) is 0 Å². The maximum atomic E-state index is 12.7. The van der Waals surface area contributed by atoms with Crippen LogP contribution in [0.2, 0.25) is 5.02 Å². The van der Waals surface area contributed by atoms with Crippen LogP contribution in [0.1, 0.15) is 44.2 Å². The fourth-order valence-corrected chi connectivity index (χ4v) is 4.62. The molecule has 1 fully saturated rings. The van der Waals surface area contributed by atoms with Gasteiger partial charge in [0.1, 0.15) is 5.75 Å². The van der Waals surface area contributed by atoms with Crippen molar-refractivity contribution >= 4 is 36.0 Å². The Labute approximate surface area is 185 Å². The molecule has 1 heterocycles. The molecule has 1 amide bonds. The van der Waals surface area contributed by atoms with Crippen LogP contribution in [0.5, 0.6) is 5.75 Å². The average Bonchev–Trinajstić information content (AvgIpc) is 2.70. The molecule has 0 radical (unpaired) electrons. The second-order valence-electron chi connectivity index (χ2n) is 7.53. The van der Waals surface area contributed by atoms with Gasteiger partial charge < -0.3 is 15.1 Å². The molecule has 7 heteroatoms. The highest BCUT2D eigenvalue weighted by atomic mass is 35.5. The molecule has 1 aliphatic heterocycles. The Kier molecular flexibility index (Phi) is 10.5. The van der Waals surface area contributed by atoms with Gasteiger partial charge in [0, 0.05) is 36.8 Å². The van der Waals surface area contributed by atoms with E-state index in [4.69, 9.17) is 16.3 Å². The Balaban J connectivity index is 0.00000210. The summed E-state index contributed by atoms with van der Waals surface area (Å²) in [5, 5.41) is 0.788. The van der Waals surface area contributed by atoms with E-state index in [9.17, 15) is 4.79 Å². The van der Waals surface area contributed by atoms with E-state index in [1.165, 1.54) is 11.1 Å². The molecule has 0 bridgehead atoms. The summed E-state index contributed by atoms with van der Waals surface area (Å²) in [6, 6.07) is 3.87. The monoisotopic (exact) mass is 444 g/mol. The number of ether oxygens (including phenoxy) is 1. The number of methoxy groups -OCH3 is 1. The lowest BCUT2D eigenvalue weighted by molar-refractivity contribution is -0.136. The number of hydrogen-bond donors (Lipinski definition) is 0. The minimum atomic E-state index is 0. The van der Waals surface area contributed by atoms with Crippen LogP contribution in [0, 0.1) is 5.92 Å². The van der Waals surface area contributed by atoms with E-state index in [1.54, 1.807) is 7.11 Å². The molecule has 5 nitrogen and oxygen atoms in total. The van der Waals surface area contributed by atoms with Crippen molar-refractivity contribution in [2.75, 3.05) is 39.8 Å². The first-order chi connectivity index (χ1) is 13.1. The van der Waals surface area contributed by atoms with E-state index < -0.39 is 0 Å². The molecule has 3 rings (SSSR count). The molecule has 2 aliphatic rings. The molecular formula is C22H34Cl2N2O3. The third-order valence-electron chi connectivity index (χ3n) is 5.88. The molecule has 1 aromatic carbocycles. The van der Waals surface area contributed by atoms with Crippen LogP contribution >= 0.6 is 24.0 Å². The molecule has 0 spiro atoms. The van der Waals surface area contributed by atoms with Gasteiger partial charge in [-0.15, -0.1) is 12.4 Å². The summed E-state index contributed by atoms with van der Waals surface area (Å²) in [5.41, 5.74) is 3.71. The zero-order chi connectivity index (χ0) is 19.4. The van der Waals surface area contributed by atoms with E-state index in [-0.39, 0.29) is 23.8 Å². The fraction of sp³-hybridized carbons (Fsp3) is 0.591. The highest BCUT2D eigenvalue weighted by Gasteiger charge is 2.29. The summed E-state index contributed by atoms with van der Waals surface area (Å²) in [5.74, 6) is 1.38. The van der Waals surface area contributed by atoms with Gasteiger partial charge in [-0.25, -0.2) is 0 Å². The van der Waals surface area contributed by atoms with Gasteiger partial charge in [-0.2, -0.15) is 0 Å². The molecule has 0 aromatic heterocycles. The van der Waals surface area contributed by atoms with Gasteiger partial charge in [0.15, 0.2) is 0 Å². The Bertz CT molecular complexity index is 720. The van der Waals surface area contributed by atoms with Crippen molar-refractivity contribution in [3.05, 3.63) is 33.9 Å². The Morgan fingerprint density at radius 1 is 1.28 bits per heavy atom. The van der Waals surface area contributed by atoms with Gasteiger partial charge in [-0.1, -0.05) is 23.3 Å². The third kappa shape index (κ3) is 5.88. The standard InChI is InChI=1S/C22H31ClN2O2.ClH.H2O/c1-4-25(5-2)22(26)17-7-6-12-24(15-17)14-16-8-9-18-19(13-16)20(23)10-11-21(18)27-3;;/h10-11,13,17H,4-9,12,14-15H2,1-3H3;1H;1H2. The largest absolute Gasteiger partial charge is 0.496 e. The van der Waals surface area contributed by atoms with E-state index in [0.717, 1.165) is 74.7 Å². The summed E-state index contributed by atoms with van der Waals surface area (Å²) in [6.07, 6.45) is 6.32. The predicted octanol–water partition coefficient (Wildman–Crippen LogP) is 3.86. The number of hydrogen-bond acceptors (Lipinski definition) is 3. The maximum absolute atomic E-state index is 12.7.